The van der Waals surface area contributed by atoms with Crippen LogP contribution in [-0.4, -0.2) is 39.2 Å². The number of piperidine rings is 1. The van der Waals surface area contributed by atoms with E-state index in [0.29, 0.717) is 6.42 Å². The van der Waals surface area contributed by atoms with Crippen LogP contribution in [0.5, 0.6) is 0 Å². The van der Waals surface area contributed by atoms with Gasteiger partial charge in [0, 0.05) is 31.0 Å². The van der Waals surface area contributed by atoms with Crippen LogP contribution in [0, 0.1) is 0 Å². The van der Waals surface area contributed by atoms with Crippen molar-refractivity contribution in [2.24, 2.45) is 5.73 Å². The van der Waals surface area contributed by atoms with Gasteiger partial charge in [-0.25, -0.2) is 4.68 Å². The Labute approximate surface area is 137 Å². The van der Waals surface area contributed by atoms with E-state index in [1.807, 2.05) is 53.0 Å². The van der Waals surface area contributed by atoms with E-state index in [0.717, 1.165) is 37.1 Å². The summed E-state index contributed by atoms with van der Waals surface area (Å²) in [4.78, 5) is 14.6. The molecule has 2 unspecified atom stereocenters. The van der Waals surface area contributed by atoms with Crippen LogP contribution in [0.3, 0.4) is 0 Å². The molecule has 1 aliphatic rings. The fourth-order valence-corrected chi connectivity index (χ4v) is 3.28. The second-order valence-corrected chi connectivity index (χ2v) is 6.30. The van der Waals surface area contributed by atoms with Gasteiger partial charge in [-0.3, -0.25) is 4.79 Å². The number of carbonyl (C=O) groups excluding carboxylic acids is 1. The molecule has 1 aromatic heterocycles. The number of likely N-dealkylation sites (tertiary alicyclic amines) is 1. The Morgan fingerprint density at radius 1 is 1.35 bits per heavy atom. The molecule has 0 saturated carbocycles. The summed E-state index contributed by atoms with van der Waals surface area (Å²) in [5, 5.41) is 4.21. The van der Waals surface area contributed by atoms with Gasteiger partial charge in [-0.2, -0.15) is 5.10 Å². The molecule has 2 atom stereocenters. The largest absolute Gasteiger partial charge is 0.338 e. The van der Waals surface area contributed by atoms with Gasteiger partial charge in [0.2, 0.25) is 5.91 Å². The van der Waals surface area contributed by atoms with Crippen LogP contribution < -0.4 is 5.73 Å². The van der Waals surface area contributed by atoms with Crippen LogP contribution >= 0.6 is 0 Å². The van der Waals surface area contributed by atoms with Crippen molar-refractivity contribution < 1.29 is 4.79 Å². The van der Waals surface area contributed by atoms with Gasteiger partial charge in [0.05, 0.1) is 12.1 Å². The third-order valence-electron chi connectivity index (χ3n) is 4.54. The van der Waals surface area contributed by atoms with Gasteiger partial charge in [-0.05, 0) is 49.9 Å². The maximum absolute atomic E-state index is 12.6. The minimum atomic E-state index is 0.0291. The predicted molar refractivity (Wildman–Crippen MR) is 90.3 cm³/mol. The normalized spacial score (nSPS) is 19.6. The third kappa shape index (κ3) is 3.62. The Hall–Kier alpha value is -2.14. The van der Waals surface area contributed by atoms with Crippen LogP contribution in [0.4, 0.5) is 0 Å². The first-order valence-corrected chi connectivity index (χ1v) is 8.29. The van der Waals surface area contributed by atoms with Crippen LogP contribution in [0.1, 0.15) is 31.7 Å². The smallest absolute Gasteiger partial charge is 0.227 e. The highest BCUT2D eigenvalue weighted by molar-refractivity contribution is 5.79. The minimum absolute atomic E-state index is 0.0291. The summed E-state index contributed by atoms with van der Waals surface area (Å²) >= 11 is 0. The van der Waals surface area contributed by atoms with Crippen LogP contribution in [0.2, 0.25) is 0 Å². The summed E-state index contributed by atoms with van der Waals surface area (Å²) in [7, 11) is 0. The molecule has 0 aliphatic carbocycles. The van der Waals surface area contributed by atoms with E-state index >= 15 is 0 Å². The van der Waals surface area contributed by atoms with Gasteiger partial charge >= 0.3 is 0 Å². The lowest BCUT2D eigenvalue weighted by Gasteiger charge is -2.38. The molecule has 1 aromatic carbocycles. The lowest BCUT2D eigenvalue weighted by molar-refractivity contribution is -0.134. The third-order valence-corrected chi connectivity index (χ3v) is 4.54. The lowest BCUT2D eigenvalue weighted by atomic mass is 9.96. The standard InChI is InChI=1S/C18H24N4O/c1-14(19)17-5-2-3-11-21(17)18(23)13-15-6-8-16(9-7-15)22-12-4-10-20-22/h4,6-10,12,14,17H,2-3,5,11,13,19H2,1H3. The van der Waals surface area contributed by atoms with Crippen molar-refractivity contribution in [3.63, 3.8) is 0 Å². The molecular formula is C18H24N4O. The highest BCUT2D eigenvalue weighted by Crippen LogP contribution is 2.20. The molecule has 23 heavy (non-hydrogen) atoms. The van der Waals surface area contributed by atoms with Crippen molar-refractivity contribution in [2.45, 2.75) is 44.7 Å². The number of hydrogen-bond acceptors (Lipinski definition) is 3. The zero-order chi connectivity index (χ0) is 16.2. The Bertz CT molecular complexity index is 634. The number of nitrogens with zero attached hydrogens (tertiary/aromatic N) is 3. The molecule has 1 saturated heterocycles. The second-order valence-electron chi connectivity index (χ2n) is 6.30. The molecule has 5 nitrogen and oxygen atoms in total. The molecule has 1 amide bonds. The van der Waals surface area contributed by atoms with Crippen LogP contribution in [0.25, 0.3) is 5.69 Å². The van der Waals surface area contributed by atoms with E-state index in [1.54, 1.807) is 6.20 Å². The van der Waals surface area contributed by atoms with E-state index in [9.17, 15) is 4.79 Å². The molecule has 1 fully saturated rings. The molecule has 0 bridgehead atoms. The fraction of sp³-hybridized carbons (Fsp3) is 0.444. The van der Waals surface area contributed by atoms with Crippen molar-refractivity contribution in [1.29, 1.82) is 0 Å². The number of carbonyl (C=O) groups is 1. The molecule has 3 rings (SSSR count). The fourth-order valence-electron chi connectivity index (χ4n) is 3.28. The van der Waals surface area contributed by atoms with Gasteiger partial charge in [-0.1, -0.05) is 12.1 Å². The highest BCUT2D eigenvalue weighted by Gasteiger charge is 2.28. The quantitative estimate of drug-likeness (QED) is 0.941. The number of benzene rings is 1. The number of aromatic nitrogens is 2. The highest BCUT2D eigenvalue weighted by atomic mass is 16.2. The van der Waals surface area contributed by atoms with Crippen LogP contribution in [0.15, 0.2) is 42.7 Å². The molecular weight excluding hydrogens is 288 g/mol. The van der Waals surface area contributed by atoms with Gasteiger partial charge in [0.15, 0.2) is 0 Å². The Morgan fingerprint density at radius 3 is 2.78 bits per heavy atom. The van der Waals surface area contributed by atoms with Crippen molar-refractivity contribution in [1.82, 2.24) is 14.7 Å². The Balaban J connectivity index is 1.67. The van der Waals surface area contributed by atoms with E-state index < -0.39 is 0 Å². The first kappa shape index (κ1) is 15.7. The van der Waals surface area contributed by atoms with E-state index in [1.165, 1.54) is 0 Å². The molecule has 2 heterocycles. The van der Waals surface area contributed by atoms with Crippen molar-refractivity contribution in [3.8, 4) is 5.69 Å². The molecule has 122 valence electrons. The van der Waals surface area contributed by atoms with Crippen LogP contribution in [-0.2, 0) is 11.2 Å². The number of rotatable bonds is 4. The summed E-state index contributed by atoms with van der Waals surface area (Å²) in [5.74, 6) is 0.179. The summed E-state index contributed by atoms with van der Waals surface area (Å²) in [6.45, 7) is 2.82. The zero-order valence-corrected chi connectivity index (χ0v) is 13.6. The number of nitrogens with two attached hydrogens (primary N) is 1. The molecule has 5 heteroatoms. The molecule has 2 aromatic rings. The Kier molecular flexibility index (Phi) is 4.76. The number of hydrogen-bond donors (Lipinski definition) is 1. The zero-order valence-electron chi connectivity index (χ0n) is 13.6. The minimum Gasteiger partial charge on any atom is -0.338 e. The Morgan fingerprint density at radius 2 is 2.13 bits per heavy atom. The van der Waals surface area contributed by atoms with E-state index in [4.69, 9.17) is 5.73 Å². The maximum atomic E-state index is 12.6. The first-order chi connectivity index (χ1) is 11.1. The monoisotopic (exact) mass is 312 g/mol. The average molecular weight is 312 g/mol. The predicted octanol–water partition coefficient (Wildman–Crippen LogP) is 2.14. The summed E-state index contributed by atoms with van der Waals surface area (Å²) in [6.07, 6.45) is 7.34. The molecule has 0 spiro atoms. The van der Waals surface area contributed by atoms with Crippen molar-refractivity contribution in [2.75, 3.05) is 6.54 Å². The first-order valence-electron chi connectivity index (χ1n) is 8.29. The van der Waals surface area contributed by atoms with Gasteiger partial charge in [0.1, 0.15) is 0 Å². The average Bonchev–Trinajstić information content (AvgIpc) is 3.10. The molecule has 1 aliphatic heterocycles. The number of amides is 1. The van der Waals surface area contributed by atoms with Crippen molar-refractivity contribution in [3.05, 3.63) is 48.3 Å². The summed E-state index contributed by atoms with van der Waals surface area (Å²) in [6, 6.07) is 10.1. The lowest BCUT2D eigenvalue weighted by Crippen LogP contribution is -2.52. The summed E-state index contributed by atoms with van der Waals surface area (Å²) in [5.41, 5.74) is 8.08. The summed E-state index contributed by atoms with van der Waals surface area (Å²) < 4.78 is 1.81. The SMILES string of the molecule is CC(N)C1CCCCN1C(=O)Cc1ccc(-n2cccn2)cc1. The second kappa shape index (κ2) is 6.96. The maximum Gasteiger partial charge on any atom is 0.227 e. The molecule has 2 N–H and O–H groups in total. The topological polar surface area (TPSA) is 64.2 Å². The van der Waals surface area contributed by atoms with Crippen molar-refractivity contribution >= 4 is 5.91 Å². The van der Waals surface area contributed by atoms with Gasteiger partial charge < -0.3 is 10.6 Å². The van der Waals surface area contributed by atoms with E-state index in [-0.39, 0.29) is 18.0 Å². The van der Waals surface area contributed by atoms with Gasteiger partial charge in [0.25, 0.3) is 0 Å². The van der Waals surface area contributed by atoms with E-state index in [2.05, 4.69) is 5.10 Å². The molecule has 0 radical (unpaired) electrons. The van der Waals surface area contributed by atoms with Gasteiger partial charge in [-0.15, -0.1) is 0 Å².